The van der Waals surface area contributed by atoms with Gasteiger partial charge in [0, 0.05) is 12.1 Å². The Bertz CT molecular complexity index is 174. The summed E-state index contributed by atoms with van der Waals surface area (Å²) in [5, 5.41) is 0. The summed E-state index contributed by atoms with van der Waals surface area (Å²) in [5.74, 6) is 0. The van der Waals surface area contributed by atoms with Gasteiger partial charge in [0.1, 0.15) is 0 Å². The fourth-order valence-electron chi connectivity index (χ4n) is 2.52. The molecule has 1 rings (SSSR count). The molecular weight excluding hydrogens is 198 g/mol. The van der Waals surface area contributed by atoms with Gasteiger partial charge in [-0.3, -0.25) is 0 Å². The maximum Gasteiger partial charge on any atom is 0.0113 e. The van der Waals surface area contributed by atoms with Crippen molar-refractivity contribution in [3.63, 3.8) is 0 Å². The highest BCUT2D eigenvalue weighted by molar-refractivity contribution is 4.77. The SMILES string of the molecule is CCCC(N)CCN1CCC(N(C)C)CC1. The number of likely N-dealkylation sites (tertiary alicyclic amines) is 1. The number of piperidine rings is 1. The molecule has 3 nitrogen and oxygen atoms in total. The summed E-state index contributed by atoms with van der Waals surface area (Å²) in [4.78, 5) is 4.94. The van der Waals surface area contributed by atoms with Gasteiger partial charge in [-0.05, 0) is 59.4 Å². The van der Waals surface area contributed by atoms with Crippen molar-refractivity contribution in [2.45, 2.75) is 51.1 Å². The molecule has 1 atom stereocenters. The predicted octanol–water partition coefficient (Wildman–Crippen LogP) is 1.53. The lowest BCUT2D eigenvalue weighted by atomic mass is 10.0. The molecule has 96 valence electrons. The number of hydrogen-bond donors (Lipinski definition) is 1. The van der Waals surface area contributed by atoms with Crippen molar-refractivity contribution in [1.29, 1.82) is 0 Å². The van der Waals surface area contributed by atoms with Crippen molar-refractivity contribution < 1.29 is 0 Å². The first-order valence-corrected chi connectivity index (χ1v) is 6.77. The molecule has 0 aromatic rings. The standard InChI is InChI=1S/C13H29N3/c1-4-5-12(14)6-9-16-10-7-13(8-11-16)15(2)3/h12-13H,4-11,14H2,1-3H3. The molecule has 0 radical (unpaired) electrons. The highest BCUT2D eigenvalue weighted by Gasteiger charge is 2.20. The van der Waals surface area contributed by atoms with E-state index in [0.29, 0.717) is 6.04 Å². The topological polar surface area (TPSA) is 32.5 Å². The molecule has 1 heterocycles. The maximum atomic E-state index is 6.04. The molecule has 1 aliphatic heterocycles. The Kier molecular flexibility index (Phi) is 6.32. The van der Waals surface area contributed by atoms with Crippen LogP contribution >= 0.6 is 0 Å². The van der Waals surface area contributed by atoms with Crippen LogP contribution in [0.15, 0.2) is 0 Å². The van der Waals surface area contributed by atoms with Crippen molar-refractivity contribution in [3.8, 4) is 0 Å². The minimum atomic E-state index is 0.413. The minimum absolute atomic E-state index is 0.413. The van der Waals surface area contributed by atoms with Crippen LogP contribution in [0.3, 0.4) is 0 Å². The molecular formula is C13H29N3. The Morgan fingerprint density at radius 1 is 1.25 bits per heavy atom. The zero-order valence-corrected chi connectivity index (χ0v) is 11.3. The first-order valence-electron chi connectivity index (χ1n) is 6.77. The summed E-state index contributed by atoms with van der Waals surface area (Å²) < 4.78 is 0. The highest BCUT2D eigenvalue weighted by atomic mass is 15.2. The van der Waals surface area contributed by atoms with Crippen LogP contribution < -0.4 is 5.73 Å². The molecule has 1 saturated heterocycles. The average molecular weight is 227 g/mol. The van der Waals surface area contributed by atoms with E-state index in [1.807, 2.05) is 0 Å². The Balaban J connectivity index is 2.12. The molecule has 0 saturated carbocycles. The van der Waals surface area contributed by atoms with Crippen LogP contribution in [0.1, 0.15) is 39.0 Å². The van der Waals surface area contributed by atoms with Gasteiger partial charge in [0.15, 0.2) is 0 Å². The van der Waals surface area contributed by atoms with Gasteiger partial charge in [0.25, 0.3) is 0 Å². The predicted molar refractivity (Wildman–Crippen MR) is 70.6 cm³/mol. The minimum Gasteiger partial charge on any atom is -0.328 e. The van der Waals surface area contributed by atoms with E-state index in [9.17, 15) is 0 Å². The molecule has 0 aliphatic carbocycles. The van der Waals surface area contributed by atoms with Gasteiger partial charge < -0.3 is 15.5 Å². The Morgan fingerprint density at radius 2 is 1.88 bits per heavy atom. The second-order valence-electron chi connectivity index (χ2n) is 5.37. The van der Waals surface area contributed by atoms with Gasteiger partial charge in [-0.25, -0.2) is 0 Å². The fraction of sp³-hybridized carbons (Fsp3) is 1.00. The quantitative estimate of drug-likeness (QED) is 0.747. The highest BCUT2D eigenvalue weighted by Crippen LogP contribution is 2.14. The van der Waals surface area contributed by atoms with Crippen molar-refractivity contribution >= 4 is 0 Å². The van der Waals surface area contributed by atoms with E-state index in [1.54, 1.807) is 0 Å². The summed E-state index contributed by atoms with van der Waals surface area (Å²) in [5.41, 5.74) is 6.04. The van der Waals surface area contributed by atoms with E-state index in [-0.39, 0.29) is 0 Å². The van der Waals surface area contributed by atoms with Crippen molar-refractivity contribution in [2.24, 2.45) is 5.73 Å². The van der Waals surface area contributed by atoms with E-state index in [1.165, 1.54) is 51.7 Å². The van der Waals surface area contributed by atoms with Crippen LogP contribution in [-0.2, 0) is 0 Å². The van der Waals surface area contributed by atoms with Crippen LogP contribution in [0.2, 0.25) is 0 Å². The second-order valence-corrected chi connectivity index (χ2v) is 5.37. The second kappa shape index (κ2) is 7.25. The lowest BCUT2D eigenvalue weighted by Gasteiger charge is -2.35. The van der Waals surface area contributed by atoms with Gasteiger partial charge in [0.05, 0.1) is 0 Å². The number of nitrogens with zero attached hydrogens (tertiary/aromatic N) is 2. The van der Waals surface area contributed by atoms with Gasteiger partial charge in [0.2, 0.25) is 0 Å². The van der Waals surface area contributed by atoms with Crippen molar-refractivity contribution in [2.75, 3.05) is 33.7 Å². The molecule has 1 unspecified atom stereocenters. The average Bonchev–Trinajstić information content (AvgIpc) is 2.27. The summed E-state index contributed by atoms with van der Waals surface area (Å²) in [6.45, 7) is 5.91. The fourth-order valence-corrected chi connectivity index (χ4v) is 2.52. The van der Waals surface area contributed by atoms with Crippen molar-refractivity contribution in [3.05, 3.63) is 0 Å². The van der Waals surface area contributed by atoms with Crippen LogP contribution in [0.25, 0.3) is 0 Å². The van der Waals surface area contributed by atoms with E-state index in [2.05, 4.69) is 30.8 Å². The normalized spacial score (nSPS) is 21.6. The van der Waals surface area contributed by atoms with E-state index < -0.39 is 0 Å². The number of rotatable bonds is 6. The smallest absolute Gasteiger partial charge is 0.0113 e. The first-order chi connectivity index (χ1) is 7.63. The maximum absolute atomic E-state index is 6.04. The zero-order chi connectivity index (χ0) is 12.0. The van der Waals surface area contributed by atoms with E-state index in [0.717, 1.165) is 6.04 Å². The van der Waals surface area contributed by atoms with Crippen molar-refractivity contribution in [1.82, 2.24) is 9.80 Å². The third-order valence-corrected chi connectivity index (χ3v) is 3.76. The molecule has 0 amide bonds. The van der Waals surface area contributed by atoms with Gasteiger partial charge >= 0.3 is 0 Å². The molecule has 0 aromatic heterocycles. The van der Waals surface area contributed by atoms with Crippen LogP contribution in [0, 0.1) is 0 Å². The van der Waals surface area contributed by atoms with Gasteiger partial charge in [-0.2, -0.15) is 0 Å². The van der Waals surface area contributed by atoms with Crippen LogP contribution in [-0.4, -0.2) is 55.6 Å². The number of hydrogen-bond acceptors (Lipinski definition) is 3. The van der Waals surface area contributed by atoms with Gasteiger partial charge in [-0.1, -0.05) is 13.3 Å². The van der Waals surface area contributed by atoms with E-state index in [4.69, 9.17) is 5.73 Å². The third-order valence-electron chi connectivity index (χ3n) is 3.76. The molecule has 1 aliphatic rings. The molecule has 0 spiro atoms. The lowest BCUT2D eigenvalue weighted by molar-refractivity contribution is 0.142. The summed E-state index contributed by atoms with van der Waals surface area (Å²) in [6, 6.07) is 1.21. The Morgan fingerprint density at radius 3 is 2.38 bits per heavy atom. The van der Waals surface area contributed by atoms with Gasteiger partial charge in [-0.15, -0.1) is 0 Å². The molecule has 0 aromatic carbocycles. The molecule has 0 bridgehead atoms. The Labute approximate surface area is 101 Å². The van der Waals surface area contributed by atoms with Crippen LogP contribution in [0.5, 0.6) is 0 Å². The molecule has 3 heteroatoms. The monoisotopic (exact) mass is 227 g/mol. The lowest BCUT2D eigenvalue weighted by Crippen LogP contribution is -2.43. The molecule has 1 fully saturated rings. The summed E-state index contributed by atoms with van der Waals surface area (Å²) >= 11 is 0. The zero-order valence-electron chi connectivity index (χ0n) is 11.3. The largest absolute Gasteiger partial charge is 0.328 e. The van der Waals surface area contributed by atoms with Crippen LogP contribution in [0.4, 0.5) is 0 Å². The molecule has 16 heavy (non-hydrogen) atoms. The van der Waals surface area contributed by atoms with E-state index >= 15 is 0 Å². The molecule has 2 N–H and O–H groups in total. The summed E-state index contributed by atoms with van der Waals surface area (Å²) in [7, 11) is 4.38. The first kappa shape index (κ1) is 13.9. The third kappa shape index (κ3) is 4.81. The number of nitrogens with two attached hydrogens (primary N) is 1. The summed E-state index contributed by atoms with van der Waals surface area (Å²) in [6.07, 6.45) is 6.19. The Hall–Kier alpha value is -0.120.